The zero-order valence-corrected chi connectivity index (χ0v) is 22.8. The third-order valence-electron chi connectivity index (χ3n) is 7.15. The molecular formula is C31H26N4O5S. The normalized spacial score (nSPS) is 17.2. The number of sulfonamides is 1. The van der Waals surface area contributed by atoms with Crippen LogP contribution in [0.15, 0.2) is 90.1 Å². The number of nitriles is 1. The number of carbonyl (C=O) groups is 1. The molecule has 1 amide bonds. The van der Waals surface area contributed by atoms with E-state index in [0.29, 0.717) is 48.8 Å². The van der Waals surface area contributed by atoms with Crippen molar-refractivity contribution in [3.8, 4) is 23.3 Å². The number of aromatic nitrogens is 1. The molecule has 3 aromatic carbocycles. The molecule has 0 spiro atoms. The summed E-state index contributed by atoms with van der Waals surface area (Å²) < 4.78 is 41.7. The second-order valence-electron chi connectivity index (χ2n) is 9.78. The Balaban J connectivity index is 1.47. The molecule has 0 fully saturated rings. The van der Waals surface area contributed by atoms with E-state index < -0.39 is 16.1 Å². The molecule has 3 aliphatic rings. The minimum absolute atomic E-state index is 0.0211. The molecular weight excluding hydrogens is 540 g/mol. The Hall–Kier alpha value is -4.72. The van der Waals surface area contributed by atoms with E-state index in [1.165, 1.54) is 28.8 Å². The Morgan fingerprint density at radius 1 is 0.976 bits per heavy atom. The Kier molecular flexibility index (Phi) is 7.14. The van der Waals surface area contributed by atoms with Crippen LogP contribution < -0.4 is 14.8 Å². The average Bonchev–Trinajstić information content (AvgIpc) is 3.00. The van der Waals surface area contributed by atoms with Gasteiger partial charge in [0.25, 0.3) is 5.91 Å². The van der Waals surface area contributed by atoms with Crippen molar-refractivity contribution in [1.29, 1.82) is 5.26 Å². The van der Waals surface area contributed by atoms with Crippen molar-refractivity contribution in [1.82, 2.24) is 14.6 Å². The summed E-state index contributed by atoms with van der Waals surface area (Å²) in [5.41, 5.74) is 2.96. The van der Waals surface area contributed by atoms with Gasteiger partial charge >= 0.3 is 0 Å². The number of nitrogens with one attached hydrogen (secondary N) is 1. The highest BCUT2D eigenvalue weighted by Crippen LogP contribution is 2.41. The predicted octanol–water partition coefficient (Wildman–Crippen LogP) is 4.59. The van der Waals surface area contributed by atoms with E-state index in [4.69, 9.17) is 9.47 Å². The van der Waals surface area contributed by atoms with Gasteiger partial charge in [-0.25, -0.2) is 8.42 Å². The van der Waals surface area contributed by atoms with Crippen LogP contribution in [-0.2, 0) is 16.4 Å². The van der Waals surface area contributed by atoms with E-state index in [0.717, 1.165) is 16.7 Å². The largest absolute Gasteiger partial charge is 0.494 e. The number of benzene rings is 3. The number of rotatable bonds is 2. The molecule has 4 heterocycles. The second kappa shape index (κ2) is 11.0. The molecule has 10 heteroatoms. The summed E-state index contributed by atoms with van der Waals surface area (Å²) in [5, 5.41) is 12.5. The lowest BCUT2D eigenvalue weighted by Gasteiger charge is -2.37. The number of ether oxygens (including phenoxy) is 2. The monoisotopic (exact) mass is 566 g/mol. The van der Waals surface area contributed by atoms with Crippen LogP contribution in [0, 0.1) is 11.3 Å². The SMILES string of the molecule is N#Cc1ccccc1S(=O)(=O)N1CCc2cc3ccc2C1c1cccc(c1)OCCCNC(=O)c1cncc(c1)O3. The molecule has 9 nitrogen and oxygen atoms in total. The number of fused-ring (bicyclic) bond motifs is 6. The number of nitrogens with zero attached hydrogens (tertiary/aromatic N) is 3. The molecule has 0 saturated heterocycles. The highest BCUT2D eigenvalue weighted by molar-refractivity contribution is 7.89. The van der Waals surface area contributed by atoms with E-state index in [-0.39, 0.29) is 22.9 Å². The number of hydrogen-bond acceptors (Lipinski definition) is 7. The fourth-order valence-corrected chi connectivity index (χ4v) is 6.97. The lowest BCUT2D eigenvalue weighted by atomic mass is 9.89. The second-order valence-corrected chi connectivity index (χ2v) is 11.6. The maximum atomic E-state index is 14.1. The van der Waals surface area contributed by atoms with Crippen LogP contribution in [0.25, 0.3) is 0 Å². The highest BCUT2D eigenvalue weighted by atomic mass is 32.2. The maximum Gasteiger partial charge on any atom is 0.252 e. The molecule has 8 bridgehead atoms. The zero-order chi connectivity index (χ0) is 28.4. The summed E-state index contributed by atoms with van der Waals surface area (Å²) in [6, 6.07) is 22.2. The average molecular weight is 567 g/mol. The van der Waals surface area contributed by atoms with Crippen molar-refractivity contribution in [3.05, 3.63) is 113 Å². The highest BCUT2D eigenvalue weighted by Gasteiger charge is 2.38. The maximum absolute atomic E-state index is 14.1. The molecule has 1 unspecified atom stereocenters. The molecule has 4 aromatic rings. The molecule has 0 saturated carbocycles. The van der Waals surface area contributed by atoms with Gasteiger partial charge in [0.2, 0.25) is 10.0 Å². The van der Waals surface area contributed by atoms with E-state index >= 15 is 0 Å². The summed E-state index contributed by atoms with van der Waals surface area (Å²) in [6.07, 6.45) is 4.03. The van der Waals surface area contributed by atoms with E-state index in [1.54, 1.807) is 24.3 Å². The van der Waals surface area contributed by atoms with Crippen molar-refractivity contribution in [2.24, 2.45) is 0 Å². The zero-order valence-electron chi connectivity index (χ0n) is 22.0. The van der Waals surface area contributed by atoms with E-state index in [9.17, 15) is 18.5 Å². The third kappa shape index (κ3) is 5.25. The summed E-state index contributed by atoms with van der Waals surface area (Å²) in [5.74, 6) is 1.30. The molecule has 0 aliphatic carbocycles. The Morgan fingerprint density at radius 2 is 1.85 bits per heavy atom. The first-order chi connectivity index (χ1) is 19.9. The fourth-order valence-electron chi connectivity index (χ4n) is 5.23. The van der Waals surface area contributed by atoms with Gasteiger partial charge in [0, 0.05) is 19.3 Å². The van der Waals surface area contributed by atoms with Crippen LogP contribution in [0.5, 0.6) is 17.2 Å². The molecule has 3 aliphatic heterocycles. The Labute approximate surface area is 238 Å². The standard InChI is InChI=1S/C31H26N4O5S/c32-18-23-5-1-2-8-29(23)41(37,38)35-13-11-21-15-26-9-10-28(21)30(35)22-6-3-7-25(16-22)39-14-4-12-34-31(36)24-17-27(40-26)20-33-19-24/h1-3,5-10,15-17,19-20,30H,4,11-14H2,(H,34,36). The van der Waals surface area contributed by atoms with Gasteiger partial charge in [-0.2, -0.15) is 9.57 Å². The molecule has 206 valence electrons. The van der Waals surface area contributed by atoms with Crippen LogP contribution in [0.3, 0.4) is 0 Å². The van der Waals surface area contributed by atoms with Crippen molar-refractivity contribution in [3.63, 3.8) is 0 Å². The first-order valence-electron chi connectivity index (χ1n) is 13.2. The molecule has 0 radical (unpaired) electrons. The fraction of sp³-hybridized carbons (Fsp3) is 0.194. The number of amides is 1. The van der Waals surface area contributed by atoms with Gasteiger partial charge in [0.15, 0.2) is 0 Å². The molecule has 1 atom stereocenters. The van der Waals surface area contributed by atoms with Crippen LogP contribution in [0.1, 0.15) is 45.1 Å². The smallest absolute Gasteiger partial charge is 0.252 e. The molecule has 41 heavy (non-hydrogen) atoms. The van der Waals surface area contributed by atoms with E-state index in [2.05, 4.69) is 10.3 Å². The van der Waals surface area contributed by atoms with Crippen LogP contribution >= 0.6 is 0 Å². The Bertz CT molecular complexity index is 1780. The minimum Gasteiger partial charge on any atom is -0.494 e. The van der Waals surface area contributed by atoms with Crippen molar-refractivity contribution in [2.45, 2.75) is 23.8 Å². The van der Waals surface area contributed by atoms with Crippen LogP contribution in [0.2, 0.25) is 0 Å². The lowest BCUT2D eigenvalue weighted by molar-refractivity contribution is 0.0951. The van der Waals surface area contributed by atoms with Crippen molar-refractivity contribution in [2.75, 3.05) is 19.7 Å². The quantitative estimate of drug-likeness (QED) is 0.377. The van der Waals surface area contributed by atoms with Gasteiger partial charge in [0.05, 0.1) is 34.9 Å². The van der Waals surface area contributed by atoms with Crippen LogP contribution in [-0.4, -0.2) is 43.3 Å². The van der Waals surface area contributed by atoms with Gasteiger partial charge in [0.1, 0.15) is 23.3 Å². The van der Waals surface area contributed by atoms with Gasteiger partial charge < -0.3 is 14.8 Å². The summed E-state index contributed by atoms with van der Waals surface area (Å²) in [7, 11) is -4.05. The number of hydrogen-bond donors (Lipinski definition) is 1. The molecule has 7 rings (SSSR count). The number of carbonyl (C=O) groups excluding carboxylic acids is 1. The van der Waals surface area contributed by atoms with E-state index in [1.807, 2.05) is 42.5 Å². The van der Waals surface area contributed by atoms with Gasteiger partial charge in [-0.3, -0.25) is 9.78 Å². The lowest BCUT2D eigenvalue weighted by Crippen LogP contribution is -2.40. The topological polar surface area (TPSA) is 122 Å². The summed E-state index contributed by atoms with van der Waals surface area (Å²) in [6.45, 7) is 0.958. The summed E-state index contributed by atoms with van der Waals surface area (Å²) >= 11 is 0. The van der Waals surface area contributed by atoms with Crippen molar-refractivity contribution < 1.29 is 22.7 Å². The summed E-state index contributed by atoms with van der Waals surface area (Å²) in [4.78, 5) is 16.8. The Morgan fingerprint density at radius 3 is 2.73 bits per heavy atom. The molecule has 1 aromatic heterocycles. The van der Waals surface area contributed by atoms with Gasteiger partial charge in [-0.15, -0.1) is 0 Å². The third-order valence-corrected chi connectivity index (χ3v) is 9.08. The van der Waals surface area contributed by atoms with Crippen molar-refractivity contribution >= 4 is 15.9 Å². The van der Waals surface area contributed by atoms with Gasteiger partial charge in [-0.1, -0.05) is 30.3 Å². The predicted molar refractivity (Wildman–Crippen MR) is 150 cm³/mol. The minimum atomic E-state index is -4.05. The van der Waals surface area contributed by atoms with Crippen LogP contribution in [0.4, 0.5) is 0 Å². The number of pyridine rings is 1. The first kappa shape index (κ1) is 26.5. The molecule has 1 N–H and O–H groups in total. The first-order valence-corrected chi connectivity index (χ1v) is 14.7. The van der Waals surface area contributed by atoms with Gasteiger partial charge in [-0.05, 0) is 72.0 Å².